The first-order chi connectivity index (χ1) is 26.0. The fourth-order valence-electron chi connectivity index (χ4n) is 7.02. The van der Waals surface area contributed by atoms with Crippen molar-refractivity contribution in [1.29, 1.82) is 0 Å². The fraction of sp³-hybridized carbons (Fsp3) is 1.00. The minimum atomic E-state index is -3.86. The topological polar surface area (TPSA) is 72.5 Å². The first-order valence-corrected chi connectivity index (χ1v) is 24.6. The summed E-state index contributed by atoms with van der Waals surface area (Å²) in [5.74, 6) is 0. The van der Waals surface area contributed by atoms with E-state index in [2.05, 4.69) is 20.8 Å². The molecular weight excluding hydrogens is 683 g/mol. The summed E-state index contributed by atoms with van der Waals surface area (Å²) in [4.78, 5) is 0. The van der Waals surface area contributed by atoms with Crippen LogP contribution in [0.4, 0.5) is 0 Å². The highest BCUT2D eigenvalue weighted by Crippen LogP contribution is 2.50. The minimum Gasteiger partial charge on any atom is -0.379 e. The second-order valence-electron chi connectivity index (χ2n) is 15.8. The molecule has 320 valence electrons. The first-order valence-electron chi connectivity index (χ1n) is 23.1. The van der Waals surface area contributed by atoms with Gasteiger partial charge in [-0.3, -0.25) is 13.6 Å². The molecule has 0 aliphatic heterocycles. The Bertz CT molecular complexity index is 659. The summed E-state index contributed by atoms with van der Waals surface area (Å²) < 4.78 is 49.3. The third-order valence-electron chi connectivity index (χ3n) is 10.9. The van der Waals surface area contributed by atoms with Gasteiger partial charge in [0.2, 0.25) is 0 Å². The van der Waals surface area contributed by atoms with Crippen LogP contribution in [0.15, 0.2) is 0 Å². The lowest BCUT2D eigenvalue weighted by Crippen LogP contribution is -2.23. The number of hydrogen-bond acceptors (Lipinski definition) is 7. The molecule has 8 heteroatoms. The molecule has 7 nitrogen and oxygen atoms in total. The van der Waals surface area contributed by atoms with Gasteiger partial charge in [0.15, 0.2) is 0 Å². The summed E-state index contributed by atoms with van der Waals surface area (Å²) in [5, 5.41) is 0. The van der Waals surface area contributed by atoms with E-state index in [0.29, 0.717) is 0 Å². The largest absolute Gasteiger partial charge is 0.475 e. The third kappa shape index (κ3) is 36.1. The number of phosphoric ester groups is 1. The maximum Gasteiger partial charge on any atom is 0.475 e. The molecule has 3 atom stereocenters. The zero-order valence-electron chi connectivity index (χ0n) is 36.5. The number of hydrogen-bond donors (Lipinski definition) is 0. The fourth-order valence-corrected chi connectivity index (χ4v) is 8.29. The van der Waals surface area contributed by atoms with Gasteiger partial charge in [0.25, 0.3) is 0 Å². The van der Waals surface area contributed by atoms with Crippen molar-refractivity contribution in [2.75, 3.05) is 41.2 Å². The Morgan fingerprint density at radius 3 is 0.698 bits per heavy atom. The molecule has 0 saturated carbocycles. The molecule has 0 amide bonds. The molecule has 0 aliphatic rings. The molecule has 0 aromatic rings. The second kappa shape index (κ2) is 41.6. The van der Waals surface area contributed by atoms with Crippen LogP contribution in [0, 0.1) is 0 Å². The third-order valence-corrected chi connectivity index (χ3v) is 12.3. The minimum absolute atomic E-state index is 0.153. The molecular formula is C45H93O7P. The Labute approximate surface area is 331 Å². The van der Waals surface area contributed by atoms with Crippen molar-refractivity contribution in [2.24, 2.45) is 0 Å². The van der Waals surface area contributed by atoms with Gasteiger partial charge in [-0.1, -0.05) is 213 Å². The summed E-state index contributed by atoms with van der Waals surface area (Å²) >= 11 is 0. The zero-order chi connectivity index (χ0) is 38.9. The van der Waals surface area contributed by atoms with E-state index >= 15 is 0 Å². The molecule has 53 heavy (non-hydrogen) atoms. The van der Waals surface area contributed by atoms with E-state index in [9.17, 15) is 4.57 Å². The van der Waals surface area contributed by atoms with Crippen molar-refractivity contribution in [3.8, 4) is 0 Å². The van der Waals surface area contributed by atoms with Crippen LogP contribution < -0.4 is 0 Å². The molecule has 0 aliphatic carbocycles. The van der Waals surface area contributed by atoms with Gasteiger partial charge >= 0.3 is 7.82 Å². The van der Waals surface area contributed by atoms with E-state index in [1.807, 2.05) is 0 Å². The van der Waals surface area contributed by atoms with Crippen LogP contribution in [0.3, 0.4) is 0 Å². The lowest BCUT2D eigenvalue weighted by atomic mass is 10.0. The monoisotopic (exact) mass is 777 g/mol. The van der Waals surface area contributed by atoms with E-state index in [0.717, 1.165) is 38.5 Å². The van der Waals surface area contributed by atoms with E-state index in [1.165, 1.54) is 173 Å². The predicted octanol–water partition coefficient (Wildman–Crippen LogP) is 15.1. The average molecular weight is 777 g/mol. The number of rotatable bonds is 45. The van der Waals surface area contributed by atoms with E-state index < -0.39 is 7.82 Å². The molecule has 3 unspecified atom stereocenters. The van der Waals surface area contributed by atoms with E-state index in [-0.39, 0.29) is 38.1 Å². The molecule has 0 bridgehead atoms. The predicted molar refractivity (Wildman–Crippen MR) is 227 cm³/mol. The smallest absolute Gasteiger partial charge is 0.379 e. The zero-order valence-corrected chi connectivity index (χ0v) is 37.4. The maximum absolute atomic E-state index is 14.1. The van der Waals surface area contributed by atoms with Gasteiger partial charge in [-0.25, -0.2) is 4.57 Å². The van der Waals surface area contributed by atoms with Crippen LogP contribution in [-0.4, -0.2) is 59.5 Å². The number of ether oxygens (including phenoxy) is 3. The highest BCUT2D eigenvalue weighted by Gasteiger charge is 2.31. The van der Waals surface area contributed by atoms with Crippen LogP contribution in [0.1, 0.15) is 233 Å². The highest BCUT2D eigenvalue weighted by molar-refractivity contribution is 7.48. The Hall–Kier alpha value is -0.0100. The molecule has 0 aromatic carbocycles. The first kappa shape index (κ1) is 53.0. The molecule has 0 radical (unpaired) electrons. The van der Waals surface area contributed by atoms with Crippen molar-refractivity contribution in [1.82, 2.24) is 0 Å². The van der Waals surface area contributed by atoms with Gasteiger partial charge in [-0.15, -0.1) is 0 Å². The van der Waals surface area contributed by atoms with Crippen molar-refractivity contribution in [2.45, 2.75) is 251 Å². The van der Waals surface area contributed by atoms with Gasteiger partial charge < -0.3 is 14.2 Å². The summed E-state index contributed by atoms with van der Waals surface area (Å²) in [6.45, 7) is 7.34. The van der Waals surface area contributed by atoms with Gasteiger partial charge in [-0.05, 0) is 19.3 Å². The van der Waals surface area contributed by atoms with Crippen molar-refractivity contribution in [3.05, 3.63) is 0 Å². The molecule has 0 saturated heterocycles. The number of unbranched alkanes of at least 4 members (excludes halogenated alkanes) is 27. The van der Waals surface area contributed by atoms with Crippen LogP contribution in [0.5, 0.6) is 0 Å². The van der Waals surface area contributed by atoms with Gasteiger partial charge in [0.05, 0.1) is 38.1 Å². The Morgan fingerprint density at radius 2 is 0.509 bits per heavy atom. The lowest BCUT2D eigenvalue weighted by Gasteiger charge is -2.25. The van der Waals surface area contributed by atoms with Crippen LogP contribution in [0.2, 0.25) is 0 Å². The van der Waals surface area contributed by atoms with Crippen LogP contribution in [0.25, 0.3) is 0 Å². The number of phosphoric acid groups is 1. The Balaban J connectivity index is 4.81. The average Bonchev–Trinajstić information content (AvgIpc) is 3.17. The molecule has 0 heterocycles. The van der Waals surface area contributed by atoms with Gasteiger partial charge in [0, 0.05) is 21.3 Å². The number of methoxy groups -OCH3 is 3. The molecule has 0 N–H and O–H groups in total. The SMILES string of the molecule is CCCCCCCCCCCCC(COP(=O)(OCC(CCCCCCCCCCCC)OC)OCC(CCCCCCCCCCCC)OC)OC. The summed E-state index contributed by atoms with van der Waals surface area (Å²) in [6.07, 6.45) is 40.9. The van der Waals surface area contributed by atoms with Crippen LogP contribution >= 0.6 is 7.82 Å². The highest BCUT2D eigenvalue weighted by atomic mass is 31.2. The standard InChI is InChI=1S/C45H93O7P/c1-7-10-13-16-19-22-25-28-31-34-37-43(47-4)40-50-53(46,51-41-44(48-5)38-35-32-29-26-23-20-17-14-11-8-2)52-42-45(49-6)39-36-33-30-27-24-21-18-15-12-9-3/h43-45H,7-42H2,1-6H3. The summed E-state index contributed by atoms with van der Waals surface area (Å²) in [7, 11) is 1.26. The van der Waals surface area contributed by atoms with E-state index in [1.54, 1.807) is 21.3 Å². The maximum atomic E-state index is 14.1. The Kier molecular flexibility index (Phi) is 41.6. The lowest BCUT2D eigenvalue weighted by molar-refractivity contribution is -0.00979. The summed E-state index contributed by atoms with van der Waals surface area (Å²) in [6, 6.07) is 0. The normalized spacial score (nSPS) is 14.8. The summed E-state index contributed by atoms with van der Waals surface area (Å²) in [5.41, 5.74) is 0. The van der Waals surface area contributed by atoms with Crippen LogP contribution in [-0.2, 0) is 32.3 Å². The van der Waals surface area contributed by atoms with Crippen molar-refractivity contribution >= 4 is 7.82 Å². The van der Waals surface area contributed by atoms with Gasteiger partial charge in [0.1, 0.15) is 0 Å². The molecule has 0 spiro atoms. The molecule has 0 fully saturated rings. The Morgan fingerprint density at radius 1 is 0.321 bits per heavy atom. The molecule has 0 aromatic heterocycles. The van der Waals surface area contributed by atoms with Crippen molar-refractivity contribution < 1.29 is 32.3 Å². The van der Waals surface area contributed by atoms with Gasteiger partial charge in [-0.2, -0.15) is 0 Å². The van der Waals surface area contributed by atoms with Crippen molar-refractivity contribution in [3.63, 3.8) is 0 Å². The molecule has 0 rings (SSSR count). The second-order valence-corrected chi connectivity index (χ2v) is 17.5. The quantitative estimate of drug-likeness (QED) is 0.0450. The van der Waals surface area contributed by atoms with E-state index in [4.69, 9.17) is 27.8 Å².